The number of benzene rings is 1. The third kappa shape index (κ3) is 4.93. The highest BCUT2D eigenvalue weighted by Gasteiger charge is 2.28. The van der Waals surface area contributed by atoms with E-state index in [9.17, 15) is 14.4 Å². The summed E-state index contributed by atoms with van der Waals surface area (Å²) in [5, 5.41) is 8.74. The SMILES string of the molecule is Cl.O=C(NCCC1CCNC1)c1ccc(CN2C(=O)CNC2=O)cc1. The van der Waals surface area contributed by atoms with Crippen molar-refractivity contribution in [2.45, 2.75) is 19.4 Å². The summed E-state index contributed by atoms with van der Waals surface area (Å²) in [7, 11) is 0. The van der Waals surface area contributed by atoms with Crippen molar-refractivity contribution >= 4 is 30.3 Å². The first-order valence-corrected chi connectivity index (χ1v) is 8.29. The number of rotatable bonds is 6. The maximum absolute atomic E-state index is 12.1. The van der Waals surface area contributed by atoms with Crippen molar-refractivity contribution in [2.75, 3.05) is 26.2 Å². The molecule has 0 saturated carbocycles. The van der Waals surface area contributed by atoms with E-state index in [2.05, 4.69) is 16.0 Å². The number of urea groups is 1. The number of amides is 4. The number of hydrogen-bond acceptors (Lipinski definition) is 4. The third-order valence-electron chi connectivity index (χ3n) is 4.49. The predicted octanol–water partition coefficient (Wildman–Crippen LogP) is 0.890. The van der Waals surface area contributed by atoms with Crippen LogP contribution in [0.4, 0.5) is 4.79 Å². The summed E-state index contributed by atoms with van der Waals surface area (Å²) in [4.78, 5) is 36.4. The molecule has 0 bridgehead atoms. The fourth-order valence-electron chi connectivity index (χ4n) is 3.01. The molecule has 2 fully saturated rings. The van der Waals surface area contributed by atoms with Gasteiger partial charge in [-0.3, -0.25) is 14.5 Å². The molecule has 4 amide bonds. The van der Waals surface area contributed by atoms with E-state index in [0.29, 0.717) is 18.0 Å². The van der Waals surface area contributed by atoms with E-state index in [0.717, 1.165) is 25.1 Å². The van der Waals surface area contributed by atoms with Crippen molar-refractivity contribution in [3.8, 4) is 0 Å². The Morgan fingerprint density at radius 1 is 1.24 bits per heavy atom. The van der Waals surface area contributed by atoms with Gasteiger partial charge in [-0.25, -0.2) is 4.79 Å². The van der Waals surface area contributed by atoms with Crippen molar-refractivity contribution < 1.29 is 14.4 Å². The lowest BCUT2D eigenvalue weighted by Gasteiger charge is -2.13. The maximum atomic E-state index is 12.1. The van der Waals surface area contributed by atoms with Gasteiger partial charge in [-0.15, -0.1) is 12.4 Å². The van der Waals surface area contributed by atoms with Gasteiger partial charge in [-0.05, 0) is 49.5 Å². The molecule has 1 aromatic carbocycles. The summed E-state index contributed by atoms with van der Waals surface area (Å²) in [6.07, 6.45) is 2.16. The van der Waals surface area contributed by atoms with Crippen LogP contribution in [0.15, 0.2) is 24.3 Å². The highest BCUT2D eigenvalue weighted by molar-refractivity contribution is 6.01. The maximum Gasteiger partial charge on any atom is 0.324 e. The fraction of sp³-hybridized carbons (Fsp3) is 0.471. The van der Waals surface area contributed by atoms with E-state index < -0.39 is 0 Å². The zero-order valence-corrected chi connectivity index (χ0v) is 14.7. The molecule has 2 aliphatic rings. The minimum absolute atomic E-state index is 0. The van der Waals surface area contributed by atoms with Gasteiger partial charge >= 0.3 is 6.03 Å². The molecule has 3 rings (SSSR count). The fourth-order valence-corrected chi connectivity index (χ4v) is 3.01. The Balaban J connectivity index is 0.00000225. The Morgan fingerprint density at radius 3 is 2.60 bits per heavy atom. The van der Waals surface area contributed by atoms with Gasteiger partial charge in [0.15, 0.2) is 0 Å². The number of carbonyl (C=O) groups is 3. The number of halogens is 1. The first-order chi connectivity index (χ1) is 11.6. The minimum atomic E-state index is -0.372. The van der Waals surface area contributed by atoms with E-state index in [4.69, 9.17) is 0 Å². The summed E-state index contributed by atoms with van der Waals surface area (Å²) < 4.78 is 0. The first-order valence-electron chi connectivity index (χ1n) is 8.29. The van der Waals surface area contributed by atoms with Crippen LogP contribution in [-0.4, -0.2) is 48.9 Å². The molecule has 0 spiro atoms. The lowest BCUT2D eigenvalue weighted by molar-refractivity contribution is -0.125. The molecule has 0 radical (unpaired) electrons. The largest absolute Gasteiger partial charge is 0.352 e. The van der Waals surface area contributed by atoms with Crippen molar-refractivity contribution in [1.29, 1.82) is 0 Å². The summed E-state index contributed by atoms with van der Waals surface area (Å²) in [5.74, 6) is 0.322. The zero-order chi connectivity index (χ0) is 16.9. The van der Waals surface area contributed by atoms with E-state index in [1.165, 1.54) is 11.3 Å². The topological polar surface area (TPSA) is 90.5 Å². The molecule has 1 unspecified atom stereocenters. The number of imide groups is 1. The quantitative estimate of drug-likeness (QED) is 0.652. The van der Waals surface area contributed by atoms with Gasteiger partial charge in [0.05, 0.1) is 13.1 Å². The summed E-state index contributed by atoms with van der Waals surface area (Å²) >= 11 is 0. The third-order valence-corrected chi connectivity index (χ3v) is 4.49. The van der Waals surface area contributed by atoms with E-state index >= 15 is 0 Å². The van der Waals surface area contributed by atoms with Gasteiger partial charge in [0.2, 0.25) is 5.91 Å². The Kier molecular flexibility index (Phi) is 6.78. The minimum Gasteiger partial charge on any atom is -0.352 e. The van der Waals surface area contributed by atoms with E-state index in [1.54, 1.807) is 24.3 Å². The number of carbonyl (C=O) groups excluding carboxylic acids is 3. The van der Waals surface area contributed by atoms with Gasteiger partial charge in [-0.1, -0.05) is 12.1 Å². The van der Waals surface area contributed by atoms with Gasteiger partial charge < -0.3 is 16.0 Å². The molecule has 8 heteroatoms. The normalized spacial score (nSPS) is 19.5. The highest BCUT2D eigenvalue weighted by atomic mass is 35.5. The molecule has 1 atom stereocenters. The molecule has 136 valence electrons. The monoisotopic (exact) mass is 366 g/mol. The van der Waals surface area contributed by atoms with Crippen LogP contribution in [0.25, 0.3) is 0 Å². The molecule has 2 heterocycles. The Labute approximate surface area is 152 Å². The average molecular weight is 367 g/mol. The molecule has 1 aromatic rings. The lowest BCUT2D eigenvalue weighted by atomic mass is 10.1. The van der Waals surface area contributed by atoms with Crippen LogP contribution >= 0.6 is 12.4 Å². The van der Waals surface area contributed by atoms with Crippen LogP contribution in [0.2, 0.25) is 0 Å². The van der Waals surface area contributed by atoms with E-state index in [1.807, 2.05) is 0 Å². The molecule has 25 heavy (non-hydrogen) atoms. The molecular weight excluding hydrogens is 344 g/mol. The van der Waals surface area contributed by atoms with Gasteiger partial charge in [0.25, 0.3) is 5.91 Å². The lowest BCUT2D eigenvalue weighted by Crippen LogP contribution is -2.30. The molecule has 7 nitrogen and oxygen atoms in total. The second-order valence-corrected chi connectivity index (χ2v) is 6.24. The molecular formula is C17H23ClN4O3. The van der Waals surface area contributed by atoms with Gasteiger partial charge in [0, 0.05) is 12.1 Å². The molecule has 3 N–H and O–H groups in total. The van der Waals surface area contributed by atoms with Crippen LogP contribution in [-0.2, 0) is 11.3 Å². The number of nitrogens with one attached hydrogen (secondary N) is 3. The molecule has 2 aliphatic heterocycles. The Morgan fingerprint density at radius 2 is 2.00 bits per heavy atom. The summed E-state index contributed by atoms with van der Waals surface area (Å²) in [5.41, 5.74) is 1.40. The highest BCUT2D eigenvalue weighted by Crippen LogP contribution is 2.12. The van der Waals surface area contributed by atoms with Crippen molar-refractivity contribution in [3.05, 3.63) is 35.4 Å². The molecule has 0 aliphatic carbocycles. The average Bonchev–Trinajstić information content (AvgIpc) is 3.21. The van der Waals surface area contributed by atoms with Gasteiger partial charge in [-0.2, -0.15) is 0 Å². The number of nitrogens with zero attached hydrogens (tertiary/aromatic N) is 1. The van der Waals surface area contributed by atoms with Crippen LogP contribution in [0.5, 0.6) is 0 Å². The standard InChI is InChI=1S/C17H22N4O3.ClH/c22-15-10-20-17(24)21(15)11-13-1-3-14(4-2-13)16(23)19-8-6-12-5-7-18-9-12;/h1-4,12,18H,5-11H2,(H,19,23)(H,20,24);1H. The van der Waals surface area contributed by atoms with E-state index in [-0.39, 0.29) is 43.3 Å². The zero-order valence-electron chi connectivity index (χ0n) is 13.9. The first kappa shape index (κ1) is 19.2. The van der Waals surface area contributed by atoms with Crippen LogP contribution in [0.3, 0.4) is 0 Å². The van der Waals surface area contributed by atoms with Crippen LogP contribution in [0, 0.1) is 5.92 Å². The smallest absolute Gasteiger partial charge is 0.324 e. The van der Waals surface area contributed by atoms with Crippen molar-refractivity contribution in [3.63, 3.8) is 0 Å². The molecule has 0 aromatic heterocycles. The Bertz CT molecular complexity index is 613. The Hall–Kier alpha value is -2.12. The second-order valence-electron chi connectivity index (χ2n) is 6.24. The van der Waals surface area contributed by atoms with Crippen molar-refractivity contribution in [2.24, 2.45) is 5.92 Å². The van der Waals surface area contributed by atoms with Gasteiger partial charge in [0.1, 0.15) is 0 Å². The van der Waals surface area contributed by atoms with Crippen LogP contribution in [0.1, 0.15) is 28.8 Å². The van der Waals surface area contributed by atoms with Crippen LogP contribution < -0.4 is 16.0 Å². The summed E-state index contributed by atoms with van der Waals surface area (Å²) in [6, 6.07) is 6.62. The van der Waals surface area contributed by atoms with Crippen molar-refractivity contribution in [1.82, 2.24) is 20.9 Å². The summed E-state index contributed by atoms with van der Waals surface area (Å²) in [6.45, 7) is 3.05. The second kappa shape index (κ2) is 8.82. The predicted molar refractivity (Wildman–Crippen MR) is 95.6 cm³/mol. The number of hydrogen-bond donors (Lipinski definition) is 3. The molecule has 2 saturated heterocycles.